The third kappa shape index (κ3) is 4.94. The van der Waals surface area contributed by atoms with Gasteiger partial charge in [0.1, 0.15) is 0 Å². The lowest BCUT2D eigenvalue weighted by atomic mass is 10.2. The quantitative estimate of drug-likeness (QED) is 0.744. The molecule has 0 aliphatic heterocycles. The number of rotatable bonds is 7. The maximum absolute atomic E-state index is 12.5. The largest absolute Gasteiger partial charge is 0.280 e. The van der Waals surface area contributed by atoms with Crippen LogP contribution >= 0.6 is 11.6 Å². The molecule has 0 atom stereocenters. The number of anilines is 1. The number of nitrogens with one attached hydrogen (secondary N) is 2. The standard InChI is InChI=1S/C16H19ClN2O4S2/c1-3-10-18-24(20,21)15-8-6-14(7-9-15)19-25(22,23)16-11-13(17)5-4-12(16)2/h4-9,11,18-19H,3,10H2,1-2H3. The molecule has 0 unspecified atom stereocenters. The summed E-state index contributed by atoms with van der Waals surface area (Å²) in [6.07, 6.45) is 0.677. The monoisotopic (exact) mass is 402 g/mol. The molecule has 2 rings (SSSR count). The highest BCUT2D eigenvalue weighted by molar-refractivity contribution is 7.92. The zero-order chi connectivity index (χ0) is 18.7. The zero-order valence-electron chi connectivity index (χ0n) is 13.8. The first-order chi connectivity index (χ1) is 11.7. The number of sulfonamides is 2. The molecule has 0 aromatic heterocycles. The molecule has 2 aromatic rings. The van der Waals surface area contributed by atoms with Crippen LogP contribution in [0.1, 0.15) is 18.9 Å². The van der Waals surface area contributed by atoms with Crippen molar-refractivity contribution in [2.75, 3.05) is 11.3 Å². The topological polar surface area (TPSA) is 92.3 Å². The van der Waals surface area contributed by atoms with Crippen LogP contribution in [0.3, 0.4) is 0 Å². The molecular formula is C16H19ClN2O4S2. The first-order valence-corrected chi connectivity index (χ1v) is 10.9. The molecular weight excluding hydrogens is 384 g/mol. The van der Waals surface area contributed by atoms with Crippen LogP contribution in [-0.2, 0) is 20.0 Å². The van der Waals surface area contributed by atoms with Gasteiger partial charge >= 0.3 is 0 Å². The Kier molecular flexibility index (Phi) is 6.10. The molecule has 0 aliphatic rings. The highest BCUT2D eigenvalue weighted by atomic mass is 35.5. The van der Waals surface area contributed by atoms with Gasteiger partial charge in [0.15, 0.2) is 0 Å². The Morgan fingerprint density at radius 1 is 0.960 bits per heavy atom. The summed E-state index contributed by atoms with van der Waals surface area (Å²) in [5, 5.41) is 0.314. The van der Waals surface area contributed by atoms with E-state index in [0.29, 0.717) is 23.6 Å². The van der Waals surface area contributed by atoms with Crippen molar-refractivity contribution < 1.29 is 16.8 Å². The van der Waals surface area contributed by atoms with Crippen LogP contribution in [0, 0.1) is 6.92 Å². The van der Waals surface area contributed by atoms with Crippen LogP contribution < -0.4 is 9.44 Å². The molecule has 136 valence electrons. The third-order valence-electron chi connectivity index (χ3n) is 3.40. The molecule has 2 aromatic carbocycles. The molecule has 0 saturated carbocycles. The van der Waals surface area contributed by atoms with Crippen molar-refractivity contribution in [1.29, 1.82) is 0 Å². The van der Waals surface area contributed by atoms with Gasteiger partial charge in [0, 0.05) is 17.3 Å². The first-order valence-electron chi connectivity index (χ1n) is 7.54. The van der Waals surface area contributed by atoms with E-state index in [4.69, 9.17) is 11.6 Å². The van der Waals surface area contributed by atoms with Crippen LogP contribution in [0.2, 0.25) is 5.02 Å². The molecule has 9 heteroatoms. The second-order valence-electron chi connectivity index (χ2n) is 5.44. The van der Waals surface area contributed by atoms with E-state index in [1.54, 1.807) is 19.1 Å². The summed E-state index contributed by atoms with van der Waals surface area (Å²) in [4.78, 5) is 0.143. The van der Waals surface area contributed by atoms with E-state index < -0.39 is 20.0 Å². The SMILES string of the molecule is CCCNS(=O)(=O)c1ccc(NS(=O)(=O)c2cc(Cl)ccc2C)cc1. The Balaban J connectivity index is 2.25. The van der Waals surface area contributed by atoms with E-state index >= 15 is 0 Å². The Bertz CT molecular complexity index is 956. The van der Waals surface area contributed by atoms with E-state index in [0.717, 1.165) is 0 Å². The van der Waals surface area contributed by atoms with E-state index in [1.165, 1.54) is 30.3 Å². The minimum absolute atomic E-state index is 0.0707. The number of benzene rings is 2. The van der Waals surface area contributed by atoms with Crippen molar-refractivity contribution in [2.24, 2.45) is 0 Å². The molecule has 0 heterocycles. The van der Waals surface area contributed by atoms with Crippen LogP contribution in [0.25, 0.3) is 0 Å². The summed E-state index contributed by atoms with van der Waals surface area (Å²) in [5.74, 6) is 0. The lowest BCUT2D eigenvalue weighted by Crippen LogP contribution is -2.24. The van der Waals surface area contributed by atoms with E-state index in [9.17, 15) is 16.8 Å². The first kappa shape index (κ1) is 19.7. The third-order valence-corrected chi connectivity index (χ3v) is 6.63. The lowest BCUT2D eigenvalue weighted by Gasteiger charge is -2.11. The molecule has 0 bridgehead atoms. The molecule has 0 radical (unpaired) electrons. The van der Waals surface area contributed by atoms with Crippen LogP contribution in [-0.4, -0.2) is 23.4 Å². The number of hydrogen-bond donors (Lipinski definition) is 2. The predicted molar refractivity (Wildman–Crippen MR) is 98.9 cm³/mol. The van der Waals surface area contributed by atoms with Gasteiger partial charge in [-0.25, -0.2) is 21.6 Å². The van der Waals surface area contributed by atoms with Crippen molar-refractivity contribution in [3.8, 4) is 0 Å². The second kappa shape index (κ2) is 7.74. The fraction of sp³-hybridized carbons (Fsp3) is 0.250. The van der Waals surface area contributed by atoms with Crippen molar-refractivity contribution >= 4 is 37.3 Å². The highest BCUT2D eigenvalue weighted by Crippen LogP contribution is 2.23. The van der Waals surface area contributed by atoms with Gasteiger partial charge in [0.2, 0.25) is 10.0 Å². The van der Waals surface area contributed by atoms with E-state index in [-0.39, 0.29) is 15.5 Å². The average molecular weight is 403 g/mol. The fourth-order valence-electron chi connectivity index (χ4n) is 2.10. The smallest absolute Gasteiger partial charge is 0.262 e. The van der Waals surface area contributed by atoms with E-state index in [1.807, 2.05) is 6.92 Å². The molecule has 2 N–H and O–H groups in total. The average Bonchev–Trinajstić information content (AvgIpc) is 2.55. The predicted octanol–water partition coefficient (Wildman–Crippen LogP) is 3.14. The number of hydrogen-bond acceptors (Lipinski definition) is 4. The summed E-state index contributed by atoms with van der Waals surface area (Å²) in [6, 6.07) is 10.1. The van der Waals surface area contributed by atoms with E-state index in [2.05, 4.69) is 9.44 Å². The lowest BCUT2D eigenvalue weighted by molar-refractivity contribution is 0.581. The van der Waals surface area contributed by atoms with Crippen molar-refractivity contribution in [3.05, 3.63) is 53.1 Å². The van der Waals surface area contributed by atoms with Gasteiger partial charge in [-0.2, -0.15) is 0 Å². The minimum Gasteiger partial charge on any atom is -0.280 e. The molecule has 6 nitrogen and oxygen atoms in total. The van der Waals surface area contributed by atoms with Gasteiger partial charge in [-0.15, -0.1) is 0 Å². The normalized spacial score (nSPS) is 12.1. The van der Waals surface area contributed by atoms with Gasteiger partial charge < -0.3 is 0 Å². The number of halogens is 1. The summed E-state index contributed by atoms with van der Waals surface area (Å²) in [7, 11) is -7.42. The minimum atomic E-state index is -3.83. The van der Waals surface area contributed by atoms with Crippen molar-refractivity contribution in [2.45, 2.75) is 30.1 Å². The zero-order valence-corrected chi connectivity index (χ0v) is 16.2. The van der Waals surface area contributed by atoms with Gasteiger partial charge in [0.05, 0.1) is 9.79 Å². The van der Waals surface area contributed by atoms with Gasteiger partial charge in [-0.3, -0.25) is 4.72 Å². The summed E-state index contributed by atoms with van der Waals surface area (Å²) < 4.78 is 53.9. The fourth-order valence-corrected chi connectivity index (χ4v) is 4.80. The number of aryl methyl sites for hydroxylation is 1. The van der Waals surface area contributed by atoms with Crippen molar-refractivity contribution in [3.63, 3.8) is 0 Å². The van der Waals surface area contributed by atoms with Crippen LogP contribution in [0.15, 0.2) is 52.3 Å². The molecule has 0 spiro atoms. The van der Waals surface area contributed by atoms with Crippen LogP contribution in [0.4, 0.5) is 5.69 Å². The maximum atomic E-state index is 12.5. The Hall–Kier alpha value is -1.61. The second-order valence-corrected chi connectivity index (χ2v) is 9.29. The van der Waals surface area contributed by atoms with Gasteiger partial charge in [-0.1, -0.05) is 24.6 Å². The summed E-state index contributed by atoms with van der Waals surface area (Å²) in [5.41, 5.74) is 0.814. The maximum Gasteiger partial charge on any atom is 0.262 e. The molecule has 0 amide bonds. The van der Waals surface area contributed by atoms with Gasteiger partial charge in [0.25, 0.3) is 10.0 Å². The molecule has 0 saturated heterocycles. The molecule has 0 fully saturated rings. The summed E-state index contributed by atoms with van der Waals surface area (Å²) in [6.45, 7) is 3.86. The van der Waals surface area contributed by atoms with Crippen molar-refractivity contribution in [1.82, 2.24) is 4.72 Å². The molecule has 25 heavy (non-hydrogen) atoms. The highest BCUT2D eigenvalue weighted by Gasteiger charge is 2.18. The summed E-state index contributed by atoms with van der Waals surface area (Å²) >= 11 is 5.87. The Labute approximate surface area is 153 Å². The Morgan fingerprint density at radius 3 is 2.20 bits per heavy atom. The molecule has 0 aliphatic carbocycles. The van der Waals surface area contributed by atoms with Gasteiger partial charge in [-0.05, 0) is 55.3 Å². The van der Waals surface area contributed by atoms with Crippen LogP contribution in [0.5, 0.6) is 0 Å². The Morgan fingerprint density at radius 2 is 1.60 bits per heavy atom.